The largest absolute Gasteiger partial charge is 0.478 e. The Morgan fingerprint density at radius 1 is 1.50 bits per heavy atom. The minimum Gasteiger partial charge on any atom is -0.478 e. The van der Waals surface area contributed by atoms with Gasteiger partial charge in [-0.2, -0.15) is 5.10 Å². The number of carboxylic acids is 1. The summed E-state index contributed by atoms with van der Waals surface area (Å²) >= 11 is 3.34. The molecule has 2 heterocycles. The monoisotopic (exact) mass is 311 g/mol. The number of carbonyl (C=O) groups is 1. The highest BCUT2D eigenvalue weighted by molar-refractivity contribution is 9.10. The fourth-order valence-corrected chi connectivity index (χ4v) is 2.93. The van der Waals surface area contributed by atoms with Crippen LogP contribution >= 0.6 is 15.9 Å². The van der Waals surface area contributed by atoms with Crippen LogP contribution in [0.1, 0.15) is 48.3 Å². The molecule has 0 radical (unpaired) electrons. The number of halogens is 1. The molecule has 0 unspecified atom stereocenters. The zero-order chi connectivity index (χ0) is 13.4. The maximum atomic E-state index is 11.6. The van der Waals surface area contributed by atoms with Crippen LogP contribution < -0.4 is 0 Å². The summed E-state index contributed by atoms with van der Waals surface area (Å²) in [6.45, 7) is 5.85. The standard InChI is InChI=1S/C12H14BrN3O2/c1-4-6-8-9(12(17)18)7(5(2)3)10(13)14-11(8)16-15-6/h5H,4H2,1-3H3,(H,17,18)(H,14,15,16). The molecule has 2 N–H and O–H groups in total. The van der Waals surface area contributed by atoms with E-state index in [4.69, 9.17) is 0 Å². The highest BCUT2D eigenvalue weighted by atomic mass is 79.9. The molecular formula is C12H14BrN3O2. The predicted molar refractivity (Wildman–Crippen MR) is 72.0 cm³/mol. The predicted octanol–water partition coefficient (Wildman–Crippen LogP) is 3.10. The fraction of sp³-hybridized carbons (Fsp3) is 0.417. The van der Waals surface area contributed by atoms with Gasteiger partial charge in [-0.25, -0.2) is 9.78 Å². The van der Waals surface area contributed by atoms with E-state index in [-0.39, 0.29) is 5.92 Å². The van der Waals surface area contributed by atoms with E-state index < -0.39 is 5.97 Å². The van der Waals surface area contributed by atoms with Gasteiger partial charge in [0, 0.05) is 11.3 Å². The maximum absolute atomic E-state index is 11.6. The number of nitrogens with one attached hydrogen (secondary N) is 1. The van der Waals surface area contributed by atoms with Crippen molar-refractivity contribution in [2.45, 2.75) is 33.1 Å². The van der Waals surface area contributed by atoms with Crippen LogP contribution in [0.4, 0.5) is 0 Å². The van der Waals surface area contributed by atoms with Gasteiger partial charge in [-0.05, 0) is 28.3 Å². The fourth-order valence-electron chi connectivity index (χ4n) is 2.11. The Kier molecular flexibility index (Phi) is 3.38. The lowest BCUT2D eigenvalue weighted by molar-refractivity contribution is 0.0697. The van der Waals surface area contributed by atoms with Crippen molar-refractivity contribution in [3.05, 3.63) is 21.4 Å². The van der Waals surface area contributed by atoms with Gasteiger partial charge in [0.2, 0.25) is 0 Å². The molecule has 0 aliphatic rings. The Hall–Kier alpha value is -1.43. The third-order valence-corrected chi connectivity index (χ3v) is 3.52. The smallest absolute Gasteiger partial charge is 0.336 e. The van der Waals surface area contributed by atoms with Crippen molar-refractivity contribution in [1.82, 2.24) is 15.2 Å². The van der Waals surface area contributed by atoms with Crippen LogP contribution in [0.2, 0.25) is 0 Å². The molecule has 5 nitrogen and oxygen atoms in total. The molecule has 0 aromatic carbocycles. The number of hydrogen-bond donors (Lipinski definition) is 2. The first-order chi connectivity index (χ1) is 8.47. The van der Waals surface area contributed by atoms with Crippen molar-refractivity contribution >= 4 is 32.9 Å². The number of rotatable bonds is 3. The first kappa shape index (κ1) is 13.0. The molecule has 2 aromatic heterocycles. The highest BCUT2D eigenvalue weighted by Crippen LogP contribution is 2.33. The van der Waals surface area contributed by atoms with Gasteiger partial charge in [-0.1, -0.05) is 20.8 Å². The topological polar surface area (TPSA) is 78.9 Å². The van der Waals surface area contributed by atoms with E-state index in [9.17, 15) is 9.90 Å². The highest BCUT2D eigenvalue weighted by Gasteiger charge is 2.24. The average molecular weight is 312 g/mol. The Labute approximate surface area is 113 Å². The second kappa shape index (κ2) is 4.68. The lowest BCUT2D eigenvalue weighted by atomic mass is 9.96. The number of aromatic amines is 1. The third-order valence-electron chi connectivity index (χ3n) is 2.91. The van der Waals surface area contributed by atoms with Crippen LogP contribution in [0.25, 0.3) is 11.0 Å². The summed E-state index contributed by atoms with van der Waals surface area (Å²) < 4.78 is 0.552. The molecule has 0 bridgehead atoms. The van der Waals surface area contributed by atoms with Crippen molar-refractivity contribution in [3.63, 3.8) is 0 Å². The third kappa shape index (κ3) is 1.90. The minimum atomic E-state index is -0.942. The van der Waals surface area contributed by atoms with Crippen LogP contribution in [0, 0.1) is 0 Å². The number of carboxylic acid groups (broad SMARTS) is 1. The van der Waals surface area contributed by atoms with Crippen LogP contribution in [0.3, 0.4) is 0 Å². The number of pyridine rings is 1. The van der Waals surface area contributed by atoms with Gasteiger partial charge in [-0.15, -0.1) is 0 Å². The van der Waals surface area contributed by atoms with E-state index in [0.29, 0.717) is 33.2 Å². The van der Waals surface area contributed by atoms with Crippen molar-refractivity contribution in [3.8, 4) is 0 Å². The van der Waals surface area contributed by atoms with E-state index in [2.05, 4.69) is 31.1 Å². The zero-order valence-electron chi connectivity index (χ0n) is 10.4. The molecule has 6 heteroatoms. The van der Waals surface area contributed by atoms with Gasteiger partial charge in [0.15, 0.2) is 5.65 Å². The molecule has 0 aliphatic carbocycles. The molecule has 0 saturated carbocycles. The molecule has 0 atom stereocenters. The molecule has 96 valence electrons. The molecule has 18 heavy (non-hydrogen) atoms. The van der Waals surface area contributed by atoms with E-state index in [1.165, 1.54) is 0 Å². The van der Waals surface area contributed by atoms with Crippen molar-refractivity contribution in [2.75, 3.05) is 0 Å². The number of H-pyrrole nitrogens is 1. The molecule has 0 spiro atoms. The van der Waals surface area contributed by atoms with Crippen LogP contribution in [-0.2, 0) is 6.42 Å². The SMILES string of the molecule is CCc1[nH]nc2nc(Br)c(C(C)C)c(C(=O)O)c12. The van der Waals surface area contributed by atoms with Gasteiger partial charge >= 0.3 is 5.97 Å². The lowest BCUT2D eigenvalue weighted by Gasteiger charge is -2.12. The molecular weight excluding hydrogens is 298 g/mol. The molecule has 2 aromatic rings. The van der Waals surface area contributed by atoms with Gasteiger partial charge in [-0.3, -0.25) is 5.10 Å². The van der Waals surface area contributed by atoms with Gasteiger partial charge in [0.25, 0.3) is 0 Å². The van der Waals surface area contributed by atoms with Crippen molar-refractivity contribution < 1.29 is 9.90 Å². The maximum Gasteiger partial charge on any atom is 0.336 e. The minimum absolute atomic E-state index is 0.0713. The van der Waals surface area contributed by atoms with Crippen molar-refractivity contribution in [2.24, 2.45) is 0 Å². The Morgan fingerprint density at radius 2 is 2.17 bits per heavy atom. The molecule has 2 rings (SSSR count). The molecule has 0 saturated heterocycles. The second-order valence-electron chi connectivity index (χ2n) is 4.41. The lowest BCUT2D eigenvalue weighted by Crippen LogP contribution is -2.08. The molecule has 0 aliphatic heterocycles. The van der Waals surface area contributed by atoms with Crippen LogP contribution in [0.15, 0.2) is 4.60 Å². The number of nitrogens with zero attached hydrogens (tertiary/aromatic N) is 2. The number of aryl methyl sites for hydroxylation is 1. The normalized spacial score (nSPS) is 11.4. The Balaban J connectivity index is 2.95. The summed E-state index contributed by atoms with van der Waals surface area (Å²) in [5.41, 5.74) is 2.27. The van der Waals surface area contributed by atoms with E-state index in [1.54, 1.807) is 0 Å². The summed E-state index contributed by atoms with van der Waals surface area (Å²) in [5, 5.41) is 17.0. The first-order valence-electron chi connectivity index (χ1n) is 5.77. The summed E-state index contributed by atoms with van der Waals surface area (Å²) in [4.78, 5) is 15.9. The van der Waals surface area contributed by atoms with Gasteiger partial charge in [0.1, 0.15) is 4.60 Å². The van der Waals surface area contributed by atoms with Crippen LogP contribution in [-0.4, -0.2) is 26.3 Å². The summed E-state index contributed by atoms with van der Waals surface area (Å²) in [5.74, 6) is -0.870. The quantitative estimate of drug-likeness (QED) is 0.854. The molecule has 0 fully saturated rings. The Bertz CT molecular complexity index is 619. The number of aromatic carboxylic acids is 1. The summed E-state index contributed by atoms with van der Waals surface area (Å²) in [6.07, 6.45) is 0.692. The zero-order valence-corrected chi connectivity index (χ0v) is 12.0. The van der Waals surface area contributed by atoms with Gasteiger partial charge in [0.05, 0.1) is 10.9 Å². The average Bonchev–Trinajstić information content (AvgIpc) is 2.68. The summed E-state index contributed by atoms with van der Waals surface area (Å²) in [7, 11) is 0. The number of fused-ring (bicyclic) bond motifs is 1. The molecule has 0 amide bonds. The van der Waals surface area contributed by atoms with E-state index >= 15 is 0 Å². The Morgan fingerprint density at radius 3 is 2.67 bits per heavy atom. The summed E-state index contributed by atoms with van der Waals surface area (Å²) in [6, 6.07) is 0. The van der Waals surface area contributed by atoms with E-state index in [0.717, 1.165) is 5.69 Å². The van der Waals surface area contributed by atoms with Crippen molar-refractivity contribution in [1.29, 1.82) is 0 Å². The van der Waals surface area contributed by atoms with Crippen LogP contribution in [0.5, 0.6) is 0 Å². The number of aromatic nitrogens is 3. The number of hydrogen-bond acceptors (Lipinski definition) is 3. The second-order valence-corrected chi connectivity index (χ2v) is 5.16. The van der Waals surface area contributed by atoms with Gasteiger partial charge < -0.3 is 5.11 Å². The van der Waals surface area contributed by atoms with E-state index in [1.807, 2.05) is 20.8 Å². The first-order valence-corrected chi connectivity index (χ1v) is 6.56.